The van der Waals surface area contributed by atoms with Gasteiger partial charge in [0.05, 0.1) is 0 Å². The van der Waals surface area contributed by atoms with Gasteiger partial charge < -0.3 is 5.32 Å². The van der Waals surface area contributed by atoms with Crippen LogP contribution in [0.15, 0.2) is 24.3 Å². The molecular formula is C10H11FN2O2. The van der Waals surface area contributed by atoms with Crippen molar-refractivity contribution in [1.29, 1.82) is 0 Å². The lowest BCUT2D eigenvalue weighted by molar-refractivity contribution is -0.126. The molecule has 0 bridgehead atoms. The summed E-state index contributed by atoms with van der Waals surface area (Å²) in [4.78, 5) is 21.5. The largest absolute Gasteiger partial charge is 0.305 e. The van der Waals surface area contributed by atoms with Gasteiger partial charge in [-0.3, -0.25) is 14.9 Å². The Morgan fingerprint density at radius 2 is 2.00 bits per heavy atom. The minimum atomic E-state index is -0.657. The van der Waals surface area contributed by atoms with Crippen molar-refractivity contribution >= 4 is 12.3 Å². The summed E-state index contributed by atoms with van der Waals surface area (Å²) >= 11 is 0. The molecule has 0 aromatic heterocycles. The van der Waals surface area contributed by atoms with E-state index in [1.807, 2.05) is 5.32 Å². The number of hydrogen-bond acceptors (Lipinski definition) is 3. The molecule has 0 aliphatic carbocycles. The van der Waals surface area contributed by atoms with E-state index in [0.29, 0.717) is 12.0 Å². The molecule has 1 aromatic carbocycles. The Balaban J connectivity index is 2.87. The van der Waals surface area contributed by atoms with Crippen LogP contribution in [0.4, 0.5) is 4.39 Å². The lowest BCUT2D eigenvalue weighted by Gasteiger charge is -2.13. The Kier molecular flexibility index (Phi) is 3.93. The Hall–Kier alpha value is -1.75. The quantitative estimate of drug-likeness (QED) is 0.705. The van der Waals surface area contributed by atoms with Crippen molar-refractivity contribution in [1.82, 2.24) is 10.6 Å². The lowest BCUT2D eigenvalue weighted by Crippen LogP contribution is -2.35. The van der Waals surface area contributed by atoms with Crippen LogP contribution < -0.4 is 10.6 Å². The number of carbonyl (C=O) groups excluding carboxylic acids is 2. The van der Waals surface area contributed by atoms with E-state index in [1.54, 1.807) is 7.05 Å². The average molecular weight is 210 g/mol. The van der Waals surface area contributed by atoms with Gasteiger partial charge in [0.15, 0.2) is 0 Å². The van der Waals surface area contributed by atoms with Crippen molar-refractivity contribution in [2.75, 3.05) is 7.05 Å². The van der Waals surface area contributed by atoms with Gasteiger partial charge in [-0.1, -0.05) is 12.1 Å². The molecule has 0 saturated heterocycles. The van der Waals surface area contributed by atoms with E-state index in [-0.39, 0.29) is 5.82 Å². The molecule has 2 N–H and O–H groups in total. The molecule has 80 valence electrons. The average Bonchev–Trinajstić information content (AvgIpc) is 2.22. The molecule has 0 fully saturated rings. The number of amides is 2. The summed E-state index contributed by atoms with van der Waals surface area (Å²) in [6.07, 6.45) is 0.316. The second-order valence-corrected chi connectivity index (χ2v) is 2.90. The number of carbonyl (C=O) groups is 2. The van der Waals surface area contributed by atoms with E-state index in [1.165, 1.54) is 24.3 Å². The van der Waals surface area contributed by atoms with Crippen LogP contribution in [0, 0.1) is 5.82 Å². The first-order chi connectivity index (χ1) is 7.19. The summed E-state index contributed by atoms with van der Waals surface area (Å²) in [5.74, 6) is -0.844. The molecule has 0 heterocycles. The molecule has 1 unspecified atom stereocenters. The van der Waals surface area contributed by atoms with Crippen molar-refractivity contribution in [2.45, 2.75) is 6.04 Å². The predicted molar refractivity (Wildman–Crippen MR) is 52.4 cm³/mol. The second-order valence-electron chi connectivity index (χ2n) is 2.90. The minimum absolute atomic E-state index is 0.316. The molecule has 1 aromatic rings. The molecule has 0 saturated carbocycles. The summed E-state index contributed by atoms with van der Waals surface area (Å²) in [6.45, 7) is 0. The van der Waals surface area contributed by atoms with E-state index >= 15 is 0 Å². The van der Waals surface area contributed by atoms with Gasteiger partial charge in [-0.2, -0.15) is 0 Å². The number of hydrogen-bond donors (Lipinski definition) is 2. The van der Waals surface area contributed by atoms with Crippen molar-refractivity contribution < 1.29 is 14.0 Å². The van der Waals surface area contributed by atoms with Crippen molar-refractivity contribution in [3.05, 3.63) is 35.6 Å². The van der Waals surface area contributed by atoms with Crippen LogP contribution in [0.5, 0.6) is 0 Å². The van der Waals surface area contributed by atoms with Gasteiger partial charge in [-0.05, 0) is 24.7 Å². The standard InChI is InChI=1S/C10H11FN2O2/c1-12-9(10(15)13-6-14)7-2-4-8(11)5-3-7/h2-6,9,12H,1H3,(H,13,14,15). The third kappa shape index (κ3) is 2.85. The van der Waals surface area contributed by atoms with Crippen molar-refractivity contribution in [3.8, 4) is 0 Å². The molecule has 1 rings (SSSR count). The zero-order valence-electron chi connectivity index (χ0n) is 8.16. The van der Waals surface area contributed by atoms with Crippen LogP contribution in [0.2, 0.25) is 0 Å². The van der Waals surface area contributed by atoms with E-state index in [9.17, 15) is 14.0 Å². The van der Waals surface area contributed by atoms with E-state index in [0.717, 1.165) is 0 Å². The number of likely N-dealkylation sites (N-methyl/N-ethyl adjacent to an activating group) is 1. The topological polar surface area (TPSA) is 58.2 Å². The molecule has 0 aliphatic heterocycles. The van der Waals surface area contributed by atoms with Crippen LogP contribution in [0.25, 0.3) is 0 Å². The second kappa shape index (κ2) is 5.21. The van der Waals surface area contributed by atoms with Gasteiger partial charge in [-0.25, -0.2) is 4.39 Å². The zero-order valence-corrected chi connectivity index (χ0v) is 8.16. The lowest BCUT2D eigenvalue weighted by atomic mass is 10.1. The van der Waals surface area contributed by atoms with E-state index in [4.69, 9.17) is 0 Å². The van der Waals surface area contributed by atoms with Gasteiger partial charge in [0, 0.05) is 0 Å². The molecule has 0 spiro atoms. The maximum atomic E-state index is 12.6. The van der Waals surface area contributed by atoms with Crippen LogP contribution in [-0.4, -0.2) is 19.4 Å². The van der Waals surface area contributed by atoms with Crippen LogP contribution in [0.3, 0.4) is 0 Å². The summed E-state index contributed by atoms with van der Waals surface area (Å²) < 4.78 is 12.6. The molecule has 0 aliphatic rings. The maximum absolute atomic E-state index is 12.6. The minimum Gasteiger partial charge on any atom is -0.305 e. The van der Waals surface area contributed by atoms with E-state index < -0.39 is 11.9 Å². The van der Waals surface area contributed by atoms with Gasteiger partial charge in [0.25, 0.3) is 0 Å². The maximum Gasteiger partial charge on any atom is 0.248 e. The number of benzene rings is 1. The highest BCUT2D eigenvalue weighted by Crippen LogP contribution is 2.12. The first-order valence-corrected chi connectivity index (χ1v) is 4.35. The SMILES string of the molecule is CNC(C(=O)NC=O)c1ccc(F)cc1. The van der Waals surface area contributed by atoms with Crippen LogP contribution in [-0.2, 0) is 9.59 Å². The molecule has 15 heavy (non-hydrogen) atoms. The van der Waals surface area contributed by atoms with Gasteiger partial charge in [-0.15, -0.1) is 0 Å². The van der Waals surface area contributed by atoms with E-state index in [2.05, 4.69) is 5.32 Å². The fourth-order valence-corrected chi connectivity index (χ4v) is 1.25. The number of nitrogens with one attached hydrogen (secondary N) is 2. The Morgan fingerprint density at radius 1 is 1.40 bits per heavy atom. The first-order valence-electron chi connectivity index (χ1n) is 4.35. The summed E-state index contributed by atoms with van der Waals surface area (Å²) in [6, 6.07) is 4.83. The Labute approximate surface area is 86.5 Å². The third-order valence-corrected chi connectivity index (χ3v) is 1.96. The van der Waals surface area contributed by atoms with Crippen LogP contribution >= 0.6 is 0 Å². The molecule has 2 amide bonds. The van der Waals surface area contributed by atoms with Crippen LogP contribution in [0.1, 0.15) is 11.6 Å². The smallest absolute Gasteiger partial charge is 0.248 e. The molecule has 5 heteroatoms. The Morgan fingerprint density at radius 3 is 2.47 bits per heavy atom. The zero-order chi connectivity index (χ0) is 11.3. The number of halogens is 1. The Bertz CT molecular complexity index is 351. The van der Waals surface area contributed by atoms with Gasteiger partial charge >= 0.3 is 0 Å². The molecule has 1 atom stereocenters. The molecular weight excluding hydrogens is 199 g/mol. The fourth-order valence-electron chi connectivity index (χ4n) is 1.25. The van der Waals surface area contributed by atoms with Gasteiger partial charge in [0.2, 0.25) is 12.3 Å². The normalized spacial score (nSPS) is 11.9. The third-order valence-electron chi connectivity index (χ3n) is 1.96. The molecule has 4 nitrogen and oxygen atoms in total. The fraction of sp³-hybridized carbons (Fsp3) is 0.200. The predicted octanol–water partition coefficient (Wildman–Crippen LogP) is 0.359. The summed E-state index contributed by atoms with van der Waals surface area (Å²) in [5.41, 5.74) is 0.596. The first kappa shape index (κ1) is 11.3. The highest BCUT2D eigenvalue weighted by Gasteiger charge is 2.17. The highest BCUT2D eigenvalue weighted by atomic mass is 19.1. The summed E-state index contributed by atoms with van der Waals surface area (Å²) in [5, 5.41) is 4.76. The van der Waals surface area contributed by atoms with Gasteiger partial charge in [0.1, 0.15) is 11.9 Å². The highest BCUT2D eigenvalue weighted by molar-refractivity contribution is 5.90. The van der Waals surface area contributed by atoms with Crippen molar-refractivity contribution in [2.24, 2.45) is 0 Å². The molecule has 0 radical (unpaired) electrons. The number of rotatable bonds is 4. The summed E-state index contributed by atoms with van der Waals surface area (Å²) in [7, 11) is 1.58. The monoisotopic (exact) mass is 210 g/mol. The number of imide groups is 1. The van der Waals surface area contributed by atoms with Crippen molar-refractivity contribution in [3.63, 3.8) is 0 Å².